The molecule has 0 radical (unpaired) electrons. The maximum absolute atomic E-state index is 11.1. The fourth-order valence-electron chi connectivity index (χ4n) is 0.617. The highest BCUT2D eigenvalue weighted by molar-refractivity contribution is 5.69. The second-order valence-corrected chi connectivity index (χ2v) is 4.39. The van der Waals surface area contributed by atoms with Crippen LogP contribution in [-0.4, -0.2) is 17.8 Å². The van der Waals surface area contributed by atoms with Gasteiger partial charge in [0.05, 0.1) is 0 Å². The van der Waals surface area contributed by atoms with Gasteiger partial charge in [-0.1, -0.05) is 19.0 Å². The molecular weight excluding hydrogens is 180 g/mol. The van der Waals surface area contributed by atoms with E-state index in [1.54, 1.807) is 6.21 Å². The Morgan fingerprint density at radius 1 is 1.57 bits per heavy atom. The summed E-state index contributed by atoms with van der Waals surface area (Å²) in [5, 5.41) is 6.23. The van der Waals surface area contributed by atoms with E-state index in [0.717, 1.165) is 6.42 Å². The van der Waals surface area contributed by atoms with E-state index >= 15 is 0 Å². The normalized spacial score (nSPS) is 14.1. The minimum absolute atomic E-state index is 0.289. The Morgan fingerprint density at radius 2 is 2.14 bits per heavy atom. The van der Waals surface area contributed by atoms with E-state index in [2.05, 4.69) is 15.3 Å². The van der Waals surface area contributed by atoms with E-state index in [-0.39, 0.29) is 5.54 Å². The summed E-state index contributed by atoms with van der Waals surface area (Å²) in [6.07, 6.45) is 2.09. The SMILES string of the molecule is CCC(C)C=NOC(=O)NC(C)(C)C. The van der Waals surface area contributed by atoms with Gasteiger partial charge in [0, 0.05) is 11.8 Å². The maximum Gasteiger partial charge on any atom is 0.433 e. The molecule has 1 atom stereocenters. The third-order valence-electron chi connectivity index (χ3n) is 1.57. The number of amides is 1. The van der Waals surface area contributed by atoms with E-state index in [4.69, 9.17) is 0 Å². The minimum atomic E-state index is -0.517. The molecule has 0 aromatic rings. The average molecular weight is 200 g/mol. The summed E-state index contributed by atoms with van der Waals surface area (Å²) in [4.78, 5) is 15.7. The van der Waals surface area contributed by atoms with Crippen molar-refractivity contribution in [3.8, 4) is 0 Å². The van der Waals surface area contributed by atoms with Crippen LogP contribution in [0, 0.1) is 5.92 Å². The first kappa shape index (κ1) is 12.9. The predicted molar refractivity (Wildman–Crippen MR) is 57.3 cm³/mol. The van der Waals surface area contributed by atoms with Crippen LogP contribution in [-0.2, 0) is 4.84 Å². The van der Waals surface area contributed by atoms with Crippen molar-refractivity contribution in [3.05, 3.63) is 0 Å². The Morgan fingerprint density at radius 3 is 2.57 bits per heavy atom. The number of nitrogens with zero attached hydrogens (tertiary/aromatic N) is 1. The van der Waals surface area contributed by atoms with Crippen molar-refractivity contribution in [2.45, 2.75) is 46.6 Å². The van der Waals surface area contributed by atoms with Crippen LogP contribution in [0.5, 0.6) is 0 Å². The molecule has 0 fully saturated rings. The maximum atomic E-state index is 11.1. The first-order valence-corrected chi connectivity index (χ1v) is 4.88. The molecule has 14 heavy (non-hydrogen) atoms. The molecule has 0 heterocycles. The Hall–Kier alpha value is -1.06. The van der Waals surface area contributed by atoms with E-state index in [1.807, 2.05) is 34.6 Å². The fraction of sp³-hybridized carbons (Fsp3) is 0.800. The molecule has 0 aliphatic carbocycles. The molecule has 0 bridgehead atoms. The molecule has 0 spiro atoms. The zero-order valence-electron chi connectivity index (χ0n) is 9.63. The summed E-state index contributed by atoms with van der Waals surface area (Å²) < 4.78 is 0. The summed E-state index contributed by atoms with van der Waals surface area (Å²) in [5.74, 6) is 0.331. The zero-order chi connectivity index (χ0) is 11.2. The lowest BCUT2D eigenvalue weighted by Crippen LogP contribution is -2.40. The van der Waals surface area contributed by atoms with Crippen LogP contribution in [0.4, 0.5) is 4.79 Å². The fourth-order valence-corrected chi connectivity index (χ4v) is 0.617. The van der Waals surface area contributed by atoms with Gasteiger partial charge in [-0.3, -0.25) is 4.84 Å². The Kier molecular flexibility index (Phi) is 5.20. The second-order valence-electron chi connectivity index (χ2n) is 4.39. The molecule has 0 aliphatic heterocycles. The smallest absolute Gasteiger partial charge is 0.315 e. The van der Waals surface area contributed by atoms with Gasteiger partial charge in [0.2, 0.25) is 0 Å². The monoisotopic (exact) mass is 200 g/mol. The highest BCUT2D eigenvalue weighted by Gasteiger charge is 2.14. The van der Waals surface area contributed by atoms with Gasteiger partial charge in [-0.25, -0.2) is 4.79 Å². The molecule has 1 N–H and O–H groups in total. The number of nitrogens with one attached hydrogen (secondary N) is 1. The molecule has 0 aromatic heterocycles. The summed E-state index contributed by atoms with van der Waals surface area (Å²) in [5.41, 5.74) is -0.289. The third kappa shape index (κ3) is 7.58. The van der Waals surface area contributed by atoms with Crippen molar-refractivity contribution in [1.29, 1.82) is 0 Å². The van der Waals surface area contributed by atoms with Gasteiger partial charge in [-0.05, 0) is 33.1 Å². The van der Waals surface area contributed by atoms with Crippen molar-refractivity contribution in [3.63, 3.8) is 0 Å². The van der Waals surface area contributed by atoms with Crippen LogP contribution >= 0.6 is 0 Å². The number of hydrogen-bond acceptors (Lipinski definition) is 3. The summed E-state index contributed by atoms with van der Waals surface area (Å²) in [6, 6.07) is 0. The van der Waals surface area contributed by atoms with Crippen LogP contribution < -0.4 is 5.32 Å². The zero-order valence-corrected chi connectivity index (χ0v) is 9.63. The molecule has 1 unspecified atom stereocenters. The lowest BCUT2D eigenvalue weighted by Gasteiger charge is -2.18. The minimum Gasteiger partial charge on any atom is -0.315 e. The van der Waals surface area contributed by atoms with Gasteiger partial charge in [0.1, 0.15) is 0 Å². The molecule has 82 valence electrons. The number of carbonyl (C=O) groups is 1. The summed E-state index contributed by atoms with van der Waals surface area (Å²) in [6.45, 7) is 9.70. The summed E-state index contributed by atoms with van der Waals surface area (Å²) in [7, 11) is 0. The Balaban J connectivity index is 3.80. The average Bonchev–Trinajstić information content (AvgIpc) is 2.00. The number of carbonyl (C=O) groups excluding carboxylic acids is 1. The van der Waals surface area contributed by atoms with Crippen molar-refractivity contribution >= 4 is 12.3 Å². The van der Waals surface area contributed by atoms with Gasteiger partial charge in [0.15, 0.2) is 0 Å². The summed E-state index contributed by atoms with van der Waals surface area (Å²) >= 11 is 0. The predicted octanol–water partition coefficient (Wildman–Crippen LogP) is 2.54. The largest absolute Gasteiger partial charge is 0.433 e. The number of hydrogen-bond donors (Lipinski definition) is 1. The number of oxime groups is 1. The van der Waals surface area contributed by atoms with Crippen LogP contribution in [0.2, 0.25) is 0 Å². The Labute approximate surface area is 85.7 Å². The molecule has 0 aliphatic rings. The quantitative estimate of drug-likeness (QED) is 0.432. The van der Waals surface area contributed by atoms with Crippen LogP contribution in [0.1, 0.15) is 41.0 Å². The first-order chi connectivity index (χ1) is 6.35. The molecule has 0 saturated carbocycles. The molecule has 0 rings (SSSR count). The van der Waals surface area contributed by atoms with Gasteiger partial charge < -0.3 is 5.32 Å². The number of rotatable bonds is 3. The lowest BCUT2D eigenvalue weighted by molar-refractivity contribution is 0.142. The van der Waals surface area contributed by atoms with Gasteiger partial charge in [-0.15, -0.1) is 0 Å². The van der Waals surface area contributed by atoms with Crippen LogP contribution in [0.15, 0.2) is 5.16 Å². The van der Waals surface area contributed by atoms with Gasteiger partial charge >= 0.3 is 6.09 Å². The van der Waals surface area contributed by atoms with Crippen LogP contribution in [0.3, 0.4) is 0 Å². The van der Waals surface area contributed by atoms with Crippen molar-refractivity contribution in [1.82, 2.24) is 5.32 Å². The van der Waals surface area contributed by atoms with Gasteiger partial charge in [0.25, 0.3) is 0 Å². The van der Waals surface area contributed by atoms with Crippen molar-refractivity contribution in [2.75, 3.05) is 0 Å². The highest BCUT2D eigenvalue weighted by Crippen LogP contribution is 1.99. The topological polar surface area (TPSA) is 50.7 Å². The van der Waals surface area contributed by atoms with Gasteiger partial charge in [-0.2, -0.15) is 0 Å². The van der Waals surface area contributed by atoms with E-state index < -0.39 is 6.09 Å². The highest BCUT2D eigenvalue weighted by atomic mass is 16.7. The van der Waals surface area contributed by atoms with E-state index in [9.17, 15) is 4.79 Å². The second kappa shape index (κ2) is 5.62. The standard InChI is InChI=1S/C10H20N2O2/c1-6-8(2)7-11-14-9(13)12-10(3,4)5/h7-8H,6H2,1-5H3,(H,12,13). The lowest BCUT2D eigenvalue weighted by atomic mass is 10.1. The Bertz CT molecular complexity index is 207. The molecule has 0 saturated heterocycles. The first-order valence-electron chi connectivity index (χ1n) is 4.88. The van der Waals surface area contributed by atoms with E-state index in [1.165, 1.54) is 0 Å². The molecule has 0 aromatic carbocycles. The third-order valence-corrected chi connectivity index (χ3v) is 1.57. The molecular formula is C10H20N2O2. The molecule has 4 nitrogen and oxygen atoms in total. The van der Waals surface area contributed by atoms with Crippen LogP contribution in [0.25, 0.3) is 0 Å². The van der Waals surface area contributed by atoms with Crippen molar-refractivity contribution in [2.24, 2.45) is 11.1 Å². The molecule has 4 heteroatoms. The molecule has 1 amide bonds. The van der Waals surface area contributed by atoms with Crippen molar-refractivity contribution < 1.29 is 9.63 Å². The van der Waals surface area contributed by atoms with E-state index in [0.29, 0.717) is 5.92 Å².